The standard InChI is InChI=1S/C20H28N6OS/c27-20-12-15-14-28-11-4-17(15)23-26(20)10-9-24-5-7-25(8-6-24)13-19-16-2-1-3-18(16)21-22-19/h12H,1-11,13-14H2,(H,21,22). The summed E-state index contributed by atoms with van der Waals surface area (Å²) in [6.45, 7) is 6.75. The molecule has 4 heterocycles. The Labute approximate surface area is 169 Å². The van der Waals surface area contributed by atoms with Gasteiger partial charge in [-0.1, -0.05) is 0 Å². The van der Waals surface area contributed by atoms with Crippen molar-refractivity contribution in [1.82, 2.24) is 29.8 Å². The zero-order valence-electron chi connectivity index (χ0n) is 16.3. The third kappa shape index (κ3) is 3.77. The summed E-state index contributed by atoms with van der Waals surface area (Å²) in [4.78, 5) is 17.3. The molecule has 3 aliphatic rings. The zero-order chi connectivity index (χ0) is 18.9. The Hall–Kier alpha value is -1.64. The molecule has 7 nitrogen and oxygen atoms in total. The van der Waals surface area contributed by atoms with Crippen LogP contribution in [0.2, 0.25) is 0 Å². The highest BCUT2D eigenvalue weighted by molar-refractivity contribution is 7.98. The molecule has 1 fully saturated rings. The first kappa shape index (κ1) is 18.4. The number of hydrogen-bond acceptors (Lipinski definition) is 6. The average molecular weight is 401 g/mol. The zero-order valence-corrected chi connectivity index (χ0v) is 17.1. The Balaban J connectivity index is 1.13. The lowest BCUT2D eigenvalue weighted by molar-refractivity contribution is 0.121. The van der Waals surface area contributed by atoms with Gasteiger partial charge >= 0.3 is 0 Å². The molecule has 8 heteroatoms. The fraction of sp³-hybridized carbons (Fsp3) is 0.650. The lowest BCUT2D eigenvalue weighted by Gasteiger charge is -2.34. The molecule has 1 N–H and O–H groups in total. The molecule has 0 aromatic carbocycles. The van der Waals surface area contributed by atoms with Crippen LogP contribution in [0.1, 0.15) is 34.6 Å². The molecule has 1 aliphatic carbocycles. The van der Waals surface area contributed by atoms with Crippen LogP contribution in [0.25, 0.3) is 0 Å². The third-order valence-electron chi connectivity index (χ3n) is 6.26. The van der Waals surface area contributed by atoms with E-state index in [1.165, 1.54) is 29.8 Å². The number of fused-ring (bicyclic) bond motifs is 2. The van der Waals surface area contributed by atoms with Crippen molar-refractivity contribution >= 4 is 11.8 Å². The van der Waals surface area contributed by atoms with Gasteiger partial charge in [-0.15, -0.1) is 0 Å². The van der Waals surface area contributed by atoms with E-state index in [1.807, 2.05) is 11.8 Å². The molecule has 2 aliphatic heterocycles. The van der Waals surface area contributed by atoms with Crippen molar-refractivity contribution in [3.05, 3.63) is 44.6 Å². The van der Waals surface area contributed by atoms with E-state index in [1.54, 1.807) is 10.7 Å². The summed E-state index contributed by atoms with van der Waals surface area (Å²) in [5, 5.41) is 12.4. The summed E-state index contributed by atoms with van der Waals surface area (Å²) >= 11 is 1.89. The van der Waals surface area contributed by atoms with Crippen LogP contribution in [0.15, 0.2) is 10.9 Å². The molecule has 28 heavy (non-hydrogen) atoms. The molecule has 2 aromatic rings. The first-order valence-electron chi connectivity index (χ1n) is 10.4. The number of hydrogen-bond donors (Lipinski definition) is 1. The minimum atomic E-state index is 0.0484. The van der Waals surface area contributed by atoms with Crippen molar-refractivity contribution < 1.29 is 0 Å². The lowest BCUT2D eigenvalue weighted by Crippen LogP contribution is -2.47. The molecule has 1 saturated heterocycles. The number of nitrogens with zero attached hydrogens (tertiary/aromatic N) is 5. The van der Waals surface area contributed by atoms with Gasteiger partial charge in [-0.25, -0.2) is 4.68 Å². The van der Waals surface area contributed by atoms with E-state index in [0.717, 1.165) is 74.9 Å². The summed E-state index contributed by atoms with van der Waals surface area (Å²) in [6.07, 6.45) is 4.59. The second-order valence-corrected chi connectivity index (χ2v) is 9.18. The summed E-state index contributed by atoms with van der Waals surface area (Å²) in [7, 11) is 0. The smallest absolute Gasteiger partial charge is 0.267 e. The maximum absolute atomic E-state index is 12.3. The Morgan fingerprint density at radius 2 is 1.93 bits per heavy atom. The van der Waals surface area contributed by atoms with Crippen molar-refractivity contribution in [2.45, 2.75) is 44.5 Å². The maximum atomic E-state index is 12.3. The predicted molar refractivity (Wildman–Crippen MR) is 111 cm³/mol. The number of aryl methyl sites for hydroxylation is 2. The molecule has 0 amide bonds. The van der Waals surface area contributed by atoms with Gasteiger partial charge < -0.3 is 0 Å². The predicted octanol–water partition coefficient (Wildman–Crippen LogP) is 1.06. The second-order valence-electron chi connectivity index (χ2n) is 8.08. The normalized spacial score (nSPS) is 20.3. The van der Waals surface area contributed by atoms with Crippen LogP contribution in [0.3, 0.4) is 0 Å². The van der Waals surface area contributed by atoms with Crippen molar-refractivity contribution in [2.75, 3.05) is 38.5 Å². The van der Waals surface area contributed by atoms with E-state index in [9.17, 15) is 4.79 Å². The van der Waals surface area contributed by atoms with Gasteiger partial charge in [-0.3, -0.25) is 19.7 Å². The van der Waals surface area contributed by atoms with Crippen molar-refractivity contribution in [1.29, 1.82) is 0 Å². The molecular weight excluding hydrogens is 372 g/mol. The average Bonchev–Trinajstić information content (AvgIpc) is 3.33. The number of nitrogens with one attached hydrogen (secondary N) is 1. The minimum absolute atomic E-state index is 0.0484. The second kappa shape index (κ2) is 8.00. The van der Waals surface area contributed by atoms with E-state index >= 15 is 0 Å². The number of piperazine rings is 1. The lowest BCUT2D eigenvalue weighted by atomic mass is 10.2. The van der Waals surface area contributed by atoms with Gasteiger partial charge in [0.1, 0.15) is 0 Å². The monoisotopic (exact) mass is 400 g/mol. The van der Waals surface area contributed by atoms with E-state index < -0.39 is 0 Å². The summed E-state index contributed by atoms with van der Waals surface area (Å²) in [6, 6.07) is 1.80. The summed E-state index contributed by atoms with van der Waals surface area (Å²) in [5.41, 5.74) is 6.38. The fourth-order valence-corrected chi connectivity index (χ4v) is 5.50. The van der Waals surface area contributed by atoms with Gasteiger partial charge in [0.15, 0.2) is 0 Å². The number of aromatic amines is 1. The maximum Gasteiger partial charge on any atom is 0.267 e. The van der Waals surface area contributed by atoms with Gasteiger partial charge in [-0.2, -0.15) is 22.0 Å². The Kier molecular flexibility index (Phi) is 5.26. The van der Waals surface area contributed by atoms with Gasteiger partial charge in [0.2, 0.25) is 0 Å². The van der Waals surface area contributed by atoms with Crippen LogP contribution in [0.5, 0.6) is 0 Å². The molecular formula is C20H28N6OS. The summed E-state index contributed by atoms with van der Waals surface area (Å²) < 4.78 is 1.67. The van der Waals surface area contributed by atoms with Crippen LogP contribution in [0.4, 0.5) is 0 Å². The van der Waals surface area contributed by atoms with Crippen LogP contribution in [-0.2, 0) is 38.1 Å². The van der Waals surface area contributed by atoms with Crippen molar-refractivity contribution in [3.8, 4) is 0 Å². The largest absolute Gasteiger partial charge is 0.299 e. The van der Waals surface area contributed by atoms with E-state index in [0.29, 0.717) is 6.54 Å². The highest BCUT2D eigenvalue weighted by Gasteiger charge is 2.23. The Morgan fingerprint density at radius 3 is 2.82 bits per heavy atom. The first-order chi connectivity index (χ1) is 13.8. The topological polar surface area (TPSA) is 70.1 Å². The number of rotatable bonds is 5. The highest BCUT2D eigenvalue weighted by Crippen LogP contribution is 2.24. The van der Waals surface area contributed by atoms with Crippen LogP contribution < -0.4 is 5.56 Å². The van der Waals surface area contributed by atoms with Crippen molar-refractivity contribution in [3.63, 3.8) is 0 Å². The van der Waals surface area contributed by atoms with Crippen molar-refractivity contribution in [2.24, 2.45) is 0 Å². The molecule has 0 spiro atoms. The summed E-state index contributed by atoms with van der Waals surface area (Å²) in [5.74, 6) is 2.04. The van der Waals surface area contributed by atoms with Crippen LogP contribution in [0, 0.1) is 0 Å². The molecule has 2 aromatic heterocycles. The Bertz CT molecular complexity index is 899. The van der Waals surface area contributed by atoms with Crippen LogP contribution in [-0.4, -0.2) is 68.3 Å². The Morgan fingerprint density at radius 1 is 1.07 bits per heavy atom. The molecule has 0 bridgehead atoms. The number of H-pyrrole nitrogens is 1. The van der Waals surface area contributed by atoms with Gasteiger partial charge in [0.25, 0.3) is 5.56 Å². The molecule has 0 atom stereocenters. The highest BCUT2D eigenvalue weighted by atomic mass is 32.2. The van der Waals surface area contributed by atoms with Gasteiger partial charge in [0, 0.05) is 63.2 Å². The van der Waals surface area contributed by atoms with Gasteiger partial charge in [0.05, 0.1) is 17.9 Å². The molecule has 0 saturated carbocycles. The SMILES string of the molecule is O=c1cc2c(nn1CCN1CCN(Cc3n[nH]c4c3CCC4)CC1)CCSC2. The third-order valence-corrected chi connectivity index (χ3v) is 7.27. The molecule has 0 unspecified atom stereocenters. The quantitative estimate of drug-likeness (QED) is 0.810. The van der Waals surface area contributed by atoms with Gasteiger partial charge in [-0.05, 0) is 36.1 Å². The fourth-order valence-electron chi connectivity index (χ4n) is 4.55. The van der Waals surface area contributed by atoms with E-state index in [2.05, 4.69) is 25.1 Å². The molecule has 5 rings (SSSR count). The molecule has 150 valence electrons. The van der Waals surface area contributed by atoms with E-state index in [4.69, 9.17) is 0 Å². The number of thioether (sulfide) groups is 1. The van der Waals surface area contributed by atoms with E-state index in [-0.39, 0.29) is 5.56 Å². The molecule has 0 radical (unpaired) electrons. The van der Waals surface area contributed by atoms with Crippen LogP contribution >= 0.6 is 11.8 Å². The minimum Gasteiger partial charge on any atom is -0.299 e. The number of aromatic nitrogens is 4. The first-order valence-corrected chi connectivity index (χ1v) is 11.6.